The summed E-state index contributed by atoms with van der Waals surface area (Å²) in [5, 5.41) is 15.1. The molecule has 1 fully saturated rings. The summed E-state index contributed by atoms with van der Waals surface area (Å²) in [4.78, 5) is 19.3. The van der Waals surface area contributed by atoms with Gasteiger partial charge in [-0.1, -0.05) is 17.8 Å². The van der Waals surface area contributed by atoms with E-state index in [0.29, 0.717) is 5.11 Å². The van der Waals surface area contributed by atoms with E-state index in [1.54, 1.807) is 37.2 Å². The second kappa shape index (κ2) is 11.4. The first-order valence-electron chi connectivity index (χ1n) is 12.9. The van der Waals surface area contributed by atoms with Gasteiger partial charge in [0.15, 0.2) is 5.11 Å². The second-order valence-corrected chi connectivity index (χ2v) is 10.9. The molecule has 1 aliphatic heterocycles. The van der Waals surface area contributed by atoms with E-state index in [-0.39, 0.29) is 17.8 Å². The largest absolute Gasteiger partial charge is 0.497 e. The predicted octanol–water partition coefficient (Wildman–Crippen LogP) is 7.12. The molecule has 2 aromatic heterocycles. The maximum absolute atomic E-state index is 11.0. The number of rotatable bonds is 8. The third kappa shape index (κ3) is 5.39. The zero-order valence-electron chi connectivity index (χ0n) is 22.0. The minimum Gasteiger partial charge on any atom is -0.497 e. The Morgan fingerprint density at radius 1 is 0.902 bits per heavy atom. The Bertz CT molecular complexity index is 1670. The number of nitrogens with zero attached hydrogens (tertiary/aromatic N) is 4. The van der Waals surface area contributed by atoms with Crippen LogP contribution in [0.4, 0.5) is 11.4 Å². The monoisotopic (exact) mass is 579 g/mol. The maximum Gasteiger partial charge on any atom is 0.269 e. The van der Waals surface area contributed by atoms with E-state index in [0.717, 1.165) is 38.3 Å². The zero-order chi connectivity index (χ0) is 28.3. The van der Waals surface area contributed by atoms with Gasteiger partial charge >= 0.3 is 0 Å². The minimum atomic E-state index is -0.393. The van der Waals surface area contributed by atoms with Gasteiger partial charge in [-0.15, -0.1) is 0 Å². The quantitative estimate of drug-likeness (QED) is 0.118. The number of nitrogens with one attached hydrogen (secondary N) is 1. The van der Waals surface area contributed by atoms with E-state index in [2.05, 4.69) is 44.2 Å². The summed E-state index contributed by atoms with van der Waals surface area (Å²) in [6.45, 7) is 0. The van der Waals surface area contributed by atoms with Gasteiger partial charge in [-0.3, -0.25) is 15.1 Å². The highest BCUT2D eigenvalue weighted by atomic mass is 32.2. The van der Waals surface area contributed by atoms with Gasteiger partial charge < -0.3 is 19.5 Å². The molecule has 0 unspecified atom stereocenters. The minimum absolute atomic E-state index is 0.0765. The van der Waals surface area contributed by atoms with Crippen molar-refractivity contribution in [1.82, 2.24) is 14.9 Å². The fourth-order valence-corrected chi connectivity index (χ4v) is 6.16. The number of nitro groups is 1. The van der Waals surface area contributed by atoms with Gasteiger partial charge in [-0.05, 0) is 97.1 Å². The van der Waals surface area contributed by atoms with E-state index in [1.807, 2.05) is 60.7 Å². The van der Waals surface area contributed by atoms with Gasteiger partial charge in [-0.2, -0.15) is 0 Å². The molecule has 1 N–H and O–H groups in total. The van der Waals surface area contributed by atoms with Crippen LogP contribution in [0, 0.1) is 10.1 Å². The number of hydrogen-bond acceptors (Lipinski definition) is 6. The molecule has 8 nitrogen and oxygen atoms in total. The molecule has 0 saturated carbocycles. The molecule has 2 atom stereocenters. The SMILES string of the molecule is COc1ccc(-n2cccc2[C@@H]2[C@@H](c3ccccn3)NC(=S)N2c2ccc(Sc3ccc([N+](=O)[O-])cc3)cc2)cc1. The van der Waals surface area contributed by atoms with Crippen LogP contribution in [0.25, 0.3) is 5.69 Å². The highest BCUT2D eigenvalue weighted by Gasteiger charge is 2.42. The van der Waals surface area contributed by atoms with Gasteiger partial charge in [0.2, 0.25) is 0 Å². The number of ether oxygens (including phenoxy) is 1. The van der Waals surface area contributed by atoms with E-state index in [4.69, 9.17) is 17.0 Å². The van der Waals surface area contributed by atoms with Crippen LogP contribution in [0.3, 0.4) is 0 Å². The molecule has 0 bridgehead atoms. The number of pyridine rings is 1. The first-order chi connectivity index (χ1) is 20.0. The number of aromatic nitrogens is 2. The first kappa shape index (κ1) is 26.5. The summed E-state index contributed by atoms with van der Waals surface area (Å²) < 4.78 is 7.53. The number of methoxy groups -OCH3 is 1. The van der Waals surface area contributed by atoms with Gasteiger partial charge in [0.05, 0.1) is 23.8 Å². The Morgan fingerprint density at radius 3 is 2.22 bits per heavy atom. The summed E-state index contributed by atoms with van der Waals surface area (Å²) in [6.07, 6.45) is 3.85. The maximum atomic E-state index is 11.0. The van der Waals surface area contributed by atoms with Crippen LogP contribution in [-0.4, -0.2) is 26.7 Å². The van der Waals surface area contributed by atoms with Crippen molar-refractivity contribution < 1.29 is 9.66 Å². The lowest BCUT2D eigenvalue weighted by molar-refractivity contribution is -0.384. The molecule has 10 heteroatoms. The molecular formula is C31H25N5O3S2. The van der Waals surface area contributed by atoms with Crippen molar-refractivity contribution in [2.24, 2.45) is 0 Å². The standard InChI is InChI=1S/C31H25N5O3S2/c1-39-24-13-7-21(8-14-24)34-20-4-6-28(34)30-29(27-5-2-3-19-32-27)33-31(40)35(30)22-9-15-25(16-10-22)41-26-17-11-23(12-18-26)36(37)38/h2-20,29-30H,1H3,(H,33,40)/t29-,30-/m1/s1. The van der Waals surface area contributed by atoms with Gasteiger partial charge in [0.25, 0.3) is 5.69 Å². The summed E-state index contributed by atoms with van der Waals surface area (Å²) in [5.74, 6) is 0.797. The van der Waals surface area contributed by atoms with Crippen LogP contribution in [0.5, 0.6) is 5.75 Å². The van der Waals surface area contributed by atoms with Gasteiger partial charge in [0, 0.05) is 51.4 Å². The van der Waals surface area contributed by atoms with Crippen molar-refractivity contribution >= 4 is 40.5 Å². The summed E-state index contributed by atoms with van der Waals surface area (Å²) in [6, 6.07) is 32.4. The summed E-state index contributed by atoms with van der Waals surface area (Å²) >= 11 is 7.46. The van der Waals surface area contributed by atoms with Crippen LogP contribution in [0.15, 0.2) is 125 Å². The van der Waals surface area contributed by atoms with Gasteiger partial charge in [0.1, 0.15) is 11.8 Å². The number of non-ortho nitro benzene ring substituents is 1. The molecule has 3 heterocycles. The molecule has 0 spiro atoms. The Hall–Kier alpha value is -4.67. The number of nitro benzene ring substituents is 1. The Morgan fingerprint density at radius 2 is 1.59 bits per heavy atom. The topological polar surface area (TPSA) is 85.5 Å². The fourth-order valence-electron chi connectivity index (χ4n) is 4.99. The molecule has 3 aromatic carbocycles. The van der Waals surface area contributed by atoms with Crippen LogP contribution in [-0.2, 0) is 0 Å². The molecule has 0 radical (unpaired) electrons. The molecule has 1 aliphatic rings. The Balaban J connectivity index is 1.35. The van der Waals surface area contributed by atoms with Crippen molar-refractivity contribution in [1.29, 1.82) is 0 Å². The number of anilines is 1. The zero-order valence-corrected chi connectivity index (χ0v) is 23.6. The van der Waals surface area contributed by atoms with E-state index in [1.165, 1.54) is 12.1 Å². The van der Waals surface area contributed by atoms with Crippen molar-refractivity contribution in [2.45, 2.75) is 21.9 Å². The highest BCUT2D eigenvalue weighted by molar-refractivity contribution is 7.99. The normalized spacial score (nSPS) is 16.4. The third-order valence-electron chi connectivity index (χ3n) is 6.93. The number of hydrogen-bond donors (Lipinski definition) is 1. The van der Waals surface area contributed by atoms with E-state index in [9.17, 15) is 10.1 Å². The molecule has 204 valence electrons. The van der Waals surface area contributed by atoms with Crippen molar-refractivity contribution in [2.75, 3.05) is 12.0 Å². The van der Waals surface area contributed by atoms with Crippen molar-refractivity contribution in [3.8, 4) is 11.4 Å². The lowest BCUT2D eigenvalue weighted by Gasteiger charge is -2.29. The van der Waals surface area contributed by atoms with Gasteiger partial charge in [-0.25, -0.2) is 0 Å². The molecule has 6 rings (SSSR count). The lowest BCUT2D eigenvalue weighted by Crippen LogP contribution is -2.30. The number of benzene rings is 3. The second-order valence-electron chi connectivity index (χ2n) is 9.34. The lowest BCUT2D eigenvalue weighted by atomic mass is 10.0. The molecule has 5 aromatic rings. The first-order valence-corrected chi connectivity index (χ1v) is 14.1. The number of thiocarbonyl (C=S) groups is 1. The van der Waals surface area contributed by atoms with E-state index >= 15 is 0 Å². The molecule has 0 amide bonds. The van der Waals surface area contributed by atoms with Crippen LogP contribution < -0.4 is 15.0 Å². The Kier molecular flexibility index (Phi) is 7.41. The average molecular weight is 580 g/mol. The van der Waals surface area contributed by atoms with Crippen molar-refractivity contribution in [3.05, 3.63) is 137 Å². The fraction of sp³-hybridized carbons (Fsp3) is 0.0968. The Labute approximate surface area is 246 Å². The summed E-state index contributed by atoms with van der Waals surface area (Å²) in [7, 11) is 1.66. The van der Waals surface area contributed by atoms with Crippen LogP contribution in [0.1, 0.15) is 23.5 Å². The molecular weight excluding hydrogens is 555 g/mol. The predicted molar refractivity (Wildman–Crippen MR) is 164 cm³/mol. The smallest absolute Gasteiger partial charge is 0.269 e. The summed E-state index contributed by atoms with van der Waals surface area (Å²) in [5.41, 5.74) is 3.99. The molecule has 41 heavy (non-hydrogen) atoms. The average Bonchev–Trinajstić information content (AvgIpc) is 3.63. The van der Waals surface area contributed by atoms with Crippen LogP contribution >= 0.6 is 24.0 Å². The third-order valence-corrected chi connectivity index (χ3v) is 8.26. The van der Waals surface area contributed by atoms with Crippen LogP contribution in [0.2, 0.25) is 0 Å². The molecule has 1 saturated heterocycles. The van der Waals surface area contributed by atoms with Crippen molar-refractivity contribution in [3.63, 3.8) is 0 Å². The van der Waals surface area contributed by atoms with E-state index < -0.39 is 4.92 Å². The molecule has 0 aliphatic carbocycles. The highest BCUT2D eigenvalue weighted by Crippen LogP contribution is 2.43.